The van der Waals surface area contributed by atoms with Crippen LogP contribution in [0.1, 0.15) is 32.6 Å². The maximum atomic E-state index is 10.8. The molecule has 0 saturated heterocycles. The van der Waals surface area contributed by atoms with Crippen LogP contribution in [0.4, 0.5) is 0 Å². The topological polar surface area (TPSA) is 157 Å². The van der Waals surface area contributed by atoms with Gasteiger partial charge in [0.25, 0.3) is 0 Å². The molecule has 0 spiro atoms. The van der Waals surface area contributed by atoms with Gasteiger partial charge in [-0.3, -0.25) is 14.4 Å². The summed E-state index contributed by atoms with van der Waals surface area (Å²) in [4.78, 5) is 32.2. The maximum absolute atomic E-state index is 10.8. The van der Waals surface area contributed by atoms with Crippen molar-refractivity contribution in [3.05, 3.63) is 0 Å². The number of primary amides is 3. The van der Waals surface area contributed by atoms with E-state index in [2.05, 4.69) is 0 Å². The highest BCUT2D eigenvalue weighted by atomic mass is 16.6. The summed E-state index contributed by atoms with van der Waals surface area (Å²) in [7, 11) is 0. The van der Waals surface area contributed by atoms with Crippen molar-refractivity contribution >= 4 is 17.7 Å². The average molecular weight is 333 g/mol. The molecule has 0 aromatic carbocycles. The van der Waals surface area contributed by atoms with Gasteiger partial charge in [0, 0.05) is 19.3 Å². The van der Waals surface area contributed by atoms with Gasteiger partial charge in [-0.2, -0.15) is 0 Å². The molecule has 9 heteroatoms. The minimum atomic E-state index is -0.801. The molecular formula is C14H27N3O6. The molecule has 0 aliphatic carbocycles. The number of hydrogen-bond donors (Lipinski definition) is 3. The van der Waals surface area contributed by atoms with E-state index in [9.17, 15) is 14.4 Å². The molecule has 0 bridgehead atoms. The molecule has 0 aromatic rings. The minimum absolute atomic E-state index is 0.0737. The summed E-state index contributed by atoms with van der Waals surface area (Å²) in [6.45, 7) is 2.65. The molecule has 6 N–H and O–H groups in total. The summed E-state index contributed by atoms with van der Waals surface area (Å²) in [5.74, 6) is -1.39. The van der Waals surface area contributed by atoms with Gasteiger partial charge in [-0.25, -0.2) is 0 Å². The van der Waals surface area contributed by atoms with Crippen molar-refractivity contribution in [2.24, 2.45) is 17.2 Å². The molecule has 3 amide bonds. The smallest absolute Gasteiger partial charge is 0.219 e. The average Bonchev–Trinajstić information content (AvgIpc) is 2.46. The zero-order valence-electron chi connectivity index (χ0n) is 13.5. The van der Waals surface area contributed by atoms with Gasteiger partial charge in [-0.15, -0.1) is 0 Å². The summed E-state index contributed by atoms with van der Waals surface area (Å²) in [5.41, 5.74) is 14.4. The lowest BCUT2D eigenvalue weighted by Crippen LogP contribution is -2.43. The van der Waals surface area contributed by atoms with Crippen molar-refractivity contribution in [3.8, 4) is 0 Å². The van der Waals surface area contributed by atoms with E-state index in [4.69, 9.17) is 31.4 Å². The van der Waals surface area contributed by atoms with E-state index in [1.54, 1.807) is 0 Å². The highest BCUT2D eigenvalue weighted by Gasteiger charge is 2.30. The highest BCUT2D eigenvalue weighted by Crippen LogP contribution is 2.18. The quantitative estimate of drug-likeness (QED) is 0.320. The molecule has 0 atom stereocenters. The third-order valence-corrected chi connectivity index (χ3v) is 3.12. The first kappa shape index (κ1) is 21.3. The minimum Gasteiger partial charge on any atom is -0.378 e. The molecule has 0 aliphatic heterocycles. The first-order valence-corrected chi connectivity index (χ1v) is 7.45. The third kappa shape index (κ3) is 11.5. The first-order valence-electron chi connectivity index (χ1n) is 7.45. The third-order valence-electron chi connectivity index (χ3n) is 3.12. The standard InChI is InChI=1S/C14H27N3O6/c1-2-14(23-8-5-13(17)20,9-21-6-3-11(15)18)10-22-7-4-12(16)19/h2-10H2,1H3,(H2,15,18)(H2,16,19)(H2,17,20). The second-order valence-corrected chi connectivity index (χ2v) is 5.14. The molecule has 0 heterocycles. The van der Waals surface area contributed by atoms with E-state index in [0.29, 0.717) is 6.42 Å². The van der Waals surface area contributed by atoms with Crippen molar-refractivity contribution in [3.63, 3.8) is 0 Å². The fraction of sp³-hybridized carbons (Fsp3) is 0.786. The molecule has 134 valence electrons. The van der Waals surface area contributed by atoms with Crippen molar-refractivity contribution < 1.29 is 28.6 Å². The number of amides is 3. The Morgan fingerprint density at radius 3 is 1.52 bits per heavy atom. The van der Waals surface area contributed by atoms with Gasteiger partial charge >= 0.3 is 0 Å². The Balaban J connectivity index is 4.46. The molecule has 23 heavy (non-hydrogen) atoms. The monoisotopic (exact) mass is 333 g/mol. The first-order chi connectivity index (χ1) is 10.8. The number of nitrogens with two attached hydrogens (primary N) is 3. The Labute approximate surface area is 135 Å². The molecule has 0 fully saturated rings. The number of hydrogen-bond acceptors (Lipinski definition) is 6. The molecular weight excluding hydrogens is 306 g/mol. The van der Waals surface area contributed by atoms with E-state index in [1.807, 2.05) is 6.92 Å². The molecule has 0 aromatic heterocycles. The van der Waals surface area contributed by atoms with Crippen LogP contribution in [0, 0.1) is 0 Å². The van der Waals surface area contributed by atoms with Crippen LogP contribution in [0.5, 0.6) is 0 Å². The van der Waals surface area contributed by atoms with E-state index in [0.717, 1.165) is 0 Å². The van der Waals surface area contributed by atoms with Crippen LogP contribution in [0.25, 0.3) is 0 Å². The lowest BCUT2D eigenvalue weighted by atomic mass is 10.0. The Hall–Kier alpha value is -1.71. The van der Waals surface area contributed by atoms with Crippen molar-refractivity contribution in [2.45, 2.75) is 38.2 Å². The Morgan fingerprint density at radius 2 is 1.17 bits per heavy atom. The van der Waals surface area contributed by atoms with Gasteiger partial charge in [0.2, 0.25) is 17.7 Å². The van der Waals surface area contributed by atoms with Crippen LogP contribution >= 0.6 is 0 Å². The van der Waals surface area contributed by atoms with Gasteiger partial charge in [0.15, 0.2) is 0 Å². The molecule has 0 radical (unpaired) electrons. The van der Waals surface area contributed by atoms with Crippen LogP contribution in [0.2, 0.25) is 0 Å². The Morgan fingerprint density at radius 1 is 0.783 bits per heavy atom. The zero-order chi connectivity index (χ0) is 17.7. The van der Waals surface area contributed by atoms with Crippen molar-refractivity contribution in [1.82, 2.24) is 0 Å². The second-order valence-electron chi connectivity index (χ2n) is 5.14. The Bertz CT molecular complexity index is 367. The van der Waals surface area contributed by atoms with Crippen molar-refractivity contribution in [1.29, 1.82) is 0 Å². The molecule has 9 nitrogen and oxygen atoms in total. The molecule has 0 unspecified atom stereocenters. The molecule has 0 aliphatic rings. The van der Waals surface area contributed by atoms with Gasteiger partial charge in [0.1, 0.15) is 5.60 Å². The van der Waals surface area contributed by atoms with E-state index >= 15 is 0 Å². The highest BCUT2D eigenvalue weighted by molar-refractivity contribution is 5.74. The summed E-state index contributed by atoms with van der Waals surface area (Å²) >= 11 is 0. The van der Waals surface area contributed by atoms with Gasteiger partial charge in [-0.1, -0.05) is 6.92 Å². The predicted octanol–water partition coefficient (Wildman–Crippen LogP) is -1.19. The summed E-state index contributed by atoms with van der Waals surface area (Å²) in [6.07, 6.45) is 0.816. The summed E-state index contributed by atoms with van der Waals surface area (Å²) < 4.78 is 16.6. The molecule has 0 rings (SSSR count). The Kier molecular flexibility index (Phi) is 10.9. The predicted molar refractivity (Wildman–Crippen MR) is 82.0 cm³/mol. The number of carbonyl (C=O) groups is 3. The normalized spacial score (nSPS) is 11.3. The van der Waals surface area contributed by atoms with E-state index in [1.165, 1.54) is 0 Å². The van der Waals surface area contributed by atoms with Crippen LogP contribution in [0.3, 0.4) is 0 Å². The van der Waals surface area contributed by atoms with Crippen molar-refractivity contribution in [2.75, 3.05) is 33.0 Å². The largest absolute Gasteiger partial charge is 0.378 e. The molecule has 0 saturated carbocycles. The fourth-order valence-corrected chi connectivity index (χ4v) is 1.66. The summed E-state index contributed by atoms with van der Waals surface area (Å²) in [5, 5.41) is 0. The van der Waals surface area contributed by atoms with Crippen LogP contribution in [-0.2, 0) is 28.6 Å². The number of ether oxygens (including phenoxy) is 3. The number of rotatable bonds is 15. The van der Waals surface area contributed by atoms with Crippen LogP contribution in [0.15, 0.2) is 0 Å². The lowest BCUT2D eigenvalue weighted by Gasteiger charge is -2.32. The SMILES string of the molecule is CCC(COCCC(N)=O)(COCCC(N)=O)OCCC(N)=O. The van der Waals surface area contributed by atoms with E-state index < -0.39 is 23.3 Å². The van der Waals surface area contributed by atoms with Gasteiger partial charge < -0.3 is 31.4 Å². The van der Waals surface area contributed by atoms with Crippen LogP contribution in [-0.4, -0.2) is 56.4 Å². The van der Waals surface area contributed by atoms with Crippen LogP contribution < -0.4 is 17.2 Å². The lowest BCUT2D eigenvalue weighted by molar-refractivity contribution is -0.146. The fourth-order valence-electron chi connectivity index (χ4n) is 1.66. The van der Waals surface area contributed by atoms with Gasteiger partial charge in [0.05, 0.1) is 33.0 Å². The van der Waals surface area contributed by atoms with Gasteiger partial charge in [-0.05, 0) is 6.42 Å². The summed E-state index contributed by atoms with van der Waals surface area (Å²) in [6, 6.07) is 0. The maximum Gasteiger partial charge on any atom is 0.219 e. The van der Waals surface area contributed by atoms with E-state index in [-0.39, 0.29) is 52.3 Å². The number of carbonyl (C=O) groups excluding carboxylic acids is 3. The second kappa shape index (κ2) is 11.8. The zero-order valence-corrected chi connectivity index (χ0v) is 13.5.